The maximum Gasteiger partial charge on any atom is 0.237 e. The zero-order valence-corrected chi connectivity index (χ0v) is 19.7. The molecule has 0 radical (unpaired) electrons. The van der Waals surface area contributed by atoms with Crippen molar-refractivity contribution in [3.63, 3.8) is 0 Å². The van der Waals surface area contributed by atoms with Crippen molar-refractivity contribution >= 4 is 24.3 Å². The number of aliphatic hydroxyl groups is 3. The Morgan fingerprint density at radius 1 is 1.15 bits per heavy atom. The molecule has 0 aliphatic carbocycles. The van der Waals surface area contributed by atoms with Crippen molar-refractivity contribution in [2.24, 2.45) is 0 Å². The monoisotopic (exact) mass is 482 g/mol. The molecule has 2 rings (SSSR count). The van der Waals surface area contributed by atoms with Crippen LogP contribution in [0.15, 0.2) is 30.3 Å². The molecule has 1 heterocycles. The first-order valence-electron chi connectivity index (χ1n) is 10.3. The van der Waals surface area contributed by atoms with E-state index in [1.807, 2.05) is 13.8 Å². The van der Waals surface area contributed by atoms with E-state index in [0.29, 0.717) is 28.5 Å². The molecule has 11 heteroatoms. The van der Waals surface area contributed by atoms with Gasteiger partial charge in [-0.15, -0.1) is 4.33 Å². The normalized spacial score (nSPS) is 14.6. The van der Waals surface area contributed by atoms with Crippen molar-refractivity contribution in [3.8, 4) is 11.3 Å². The fraction of sp³-hybridized carbons (Fsp3) is 0.455. The Bertz CT molecular complexity index is 914. The number of anilines is 1. The van der Waals surface area contributed by atoms with Gasteiger partial charge in [-0.3, -0.25) is 4.31 Å². The number of benzene rings is 1. The van der Waals surface area contributed by atoms with Gasteiger partial charge in [-0.05, 0) is 42.9 Å². The van der Waals surface area contributed by atoms with Gasteiger partial charge in [-0.2, -0.15) is 0 Å². The molecule has 9 nitrogen and oxygen atoms in total. The Morgan fingerprint density at radius 3 is 2.39 bits per heavy atom. The second-order valence-corrected chi connectivity index (χ2v) is 8.48. The summed E-state index contributed by atoms with van der Waals surface area (Å²) >= 11 is 0.886. The number of halogens is 1. The van der Waals surface area contributed by atoms with Gasteiger partial charge in [-0.1, -0.05) is 26.0 Å². The molecule has 0 saturated heterocycles. The summed E-state index contributed by atoms with van der Waals surface area (Å²) in [5.41, 5.74) is 2.43. The molecule has 182 valence electrons. The molecule has 0 bridgehead atoms. The predicted molar refractivity (Wildman–Crippen MR) is 122 cm³/mol. The number of aliphatic hydroxyl groups excluding tert-OH is 3. The lowest BCUT2D eigenvalue weighted by atomic mass is 9.97. The Kier molecular flexibility index (Phi) is 10.6. The van der Waals surface area contributed by atoms with Crippen molar-refractivity contribution in [2.45, 2.75) is 51.1 Å². The van der Waals surface area contributed by atoms with Crippen molar-refractivity contribution in [1.29, 1.82) is 0 Å². The van der Waals surface area contributed by atoms with E-state index in [1.54, 1.807) is 29.6 Å². The first-order chi connectivity index (χ1) is 15.6. The van der Waals surface area contributed by atoms with Gasteiger partial charge in [0.05, 0.1) is 30.7 Å². The summed E-state index contributed by atoms with van der Waals surface area (Å²) in [6.07, 6.45) is -1.53. The highest BCUT2D eigenvalue weighted by molar-refractivity contribution is 7.95. The molecule has 33 heavy (non-hydrogen) atoms. The molecule has 0 amide bonds. The van der Waals surface area contributed by atoms with Gasteiger partial charge in [0.25, 0.3) is 0 Å². The zero-order valence-electron chi connectivity index (χ0n) is 18.9. The Morgan fingerprint density at radius 2 is 1.82 bits per heavy atom. The van der Waals surface area contributed by atoms with Gasteiger partial charge in [-0.25, -0.2) is 19.2 Å². The third-order valence-corrected chi connectivity index (χ3v) is 5.18. The molecule has 1 aromatic carbocycles. The number of rotatable bonds is 12. The highest BCUT2D eigenvalue weighted by Crippen LogP contribution is 2.32. The Labute approximate surface area is 196 Å². The minimum atomic E-state index is -1.91. The van der Waals surface area contributed by atoms with E-state index >= 15 is 0 Å². The fourth-order valence-corrected chi connectivity index (χ4v) is 3.35. The van der Waals surface area contributed by atoms with E-state index in [-0.39, 0.29) is 24.6 Å². The Hall–Kier alpha value is -2.12. The van der Waals surface area contributed by atoms with Crippen LogP contribution >= 0.6 is 12.2 Å². The summed E-state index contributed by atoms with van der Waals surface area (Å²) in [4.78, 5) is 13.9. The summed E-state index contributed by atoms with van der Waals surface area (Å²) in [6.45, 7) is 3.90. The van der Waals surface area contributed by atoms with E-state index in [9.17, 15) is 19.7 Å². The van der Waals surface area contributed by atoms with Crippen LogP contribution in [0.3, 0.4) is 0 Å². The van der Waals surface area contributed by atoms with Gasteiger partial charge in [0.2, 0.25) is 5.95 Å². The van der Waals surface area contributed by atoms with Gasteiger partial charge in [0.15, 0.2) is 12.2 Å². The molecular formula is C22H29FN3O6S-. The lowest BCUT2D eigenvalue weighted by Gasteiger charge is -2.21. The van der Waals surface area contributed by atoms with Crippen LogP contribution in [0.4, 0.5) is 10.3 Å². The van der Waals surface area contributed by atoms with Crippen molar-refractivity contribution in [1.82, 2.24) is 9.97 Å². The van der Waals surface area contributed by atoms with E-state index in [4.69, 9.17) is 9.44 Å². The van der Waals surface area contributed by atoms with E-state index < -0.39 is 18.5 Å². The summed E-state index contributed by atoms with van der Waals surface area (Å²) in [5, 5.41) is 39.8. The average Bonchev–Trinajstić information content (AvgIpc) is 2.75. The minimum absolute atomic E-state index is 0.0364. The zero-order chi connectivity index (χ0) is 24.5. The highest BCUT2D eigenvalue weighted by atomic mass is 32.2. The van der Waals surface area contributed by atoms with Crippen LogP contribution in [0.5, 0.6) is 0 Å². The summed E-state index contributed by atoms with van der Waals surface area (Å²) in [6, 6.07) is 5.84. The van der Waals surface area contributed by atoms with E-state index in [0.717, 1.165) is 12.2 Å². The molecule has 0 aliphatic rings. The smallest absolute Gasteiger partial charge is 0.237 e. The minimum Gasteiger partial charge on any atom is -0.831 e. The third kappa shape index (κ3) is 8.31. The third-order valence-electron chi connectivity index (χ3n) is 4.59. The van der Waals surface area contributed by atoms with Gasteiger partial charge < -0.3 is 20.4 Å². The summed E-state index contributed by atoms with van der Waals surface area (Å²) in [7, 11) is 3.07. The molecule has 3 N–H and O–H groups in total. The van der Waals surface area contributed by atoms with Gasteiger partial charge >= 0.3 is 0 Å². The molecule has 0 saturated carbocycles. The molecule has 0 aliphatic heterocycles. The van der Waals surface area contributed by atoms with Gasteiger partial charge in [0.1, 0.15) is 5.82 Å². The molecule has 1 unspecified atom stereocenters. The second kappa shape index (κ2) is 12.9. The number of aromatic nitrogens is 2. The molecule has 3 atom stereocenters. The lowest BCUT2D eigenvalue weighted by Crippen LogP contribution is -2.30. The van der Waals surface area contributed by atoms with Crippen molar-refractivity contribution < 1.29 is 34.0 Å². The number of hydrogen-bond acceptors (Lipinski definition) is 10. The average molecular weight is 483 g/mol. The molecule has 0 spiro atoms. The van der Waals surface area contributed by atoms with Crippen molar-refractivity contribution in [2.75, 3.05) is 18.5 Å². The summed E-state index contributed by atoms with van der Waals surface area (Å²) in [5.74, 6) is -0.0938. The van der Waals surface area contributed by atoms with Crippen LogP contribution in [0.1, 0.15) is 43.9 Å². The lowest BCUT2D eigenvalue weighted by molar-refractivity contribution is -0.486. The van der Waals surface area contributed by atoms with Crippen molar-refractivity contribution in [3.05, 3.63) is 47.4 Å². The fourth-order valence-electron chi connectivity index (χ4n) is 3.05. The maximum atomic E-state index is 13.5. The first-order valence-corrected chi connectivity index (χ1v) is 11.0. The van der Waals surface area contributed by atoms with Crippen LogP contribution < -0.4 is 9.41 Å². The topological polar surface area (TPSA) is 131 Å². The summed E-state index contributed by atoms with van der Waals surface area (Å²) < 4.78 is 20.0. The SMILES string of the molecule is COOSN(C)c1nc(-c2ccc(F)cc2)c(/C=C/[C@@H](O)C[C@@H](O)CC([O-])O)c(C(C)C)n1. The largest absolute Gasteiger partial charge is 0.831 e. The van der Waals surface area contributed by atoms with Crippen LogP contribution in [-0.4, -0.2) is 57.9 Å². The standard InChI is InChI=1S/C22H29FN3O6S/c1-13(2)20-18(10-9-16(27)11-17(28)12-19(29)30)21(14-5-7-15(23)8-6-14)25-22(24-20)26(3)33-32-31-4/h5-10,13,16-17,19,27-29H,11-12H2,1-4H3/q-1/b10-9+/t16-,17-,19?/m1/s1. The highest BCUT2D eigenvalue weighted by Gasteiger charge is 2.20. The second-order valence-electron chi connectivity index (χ2n) is 7.65. The van der Waals surface area contributed by atoms with Crippen LogP contribution in [0.2, 0.25) is 0 Å². The Balaban J connectivity index is 2.50. The molecule has 2 aromatic rings. The number of nitrogens with zero attached hydrogens (tertiary/aromatic N) is 3. The molecular weight excluding hydrogens is 453 g/mol. The number of hydrogen-bond donors (Lipinski definition) is 3. The van der Waals surface area contributed by atoms with E-state index in [2.05, 4.69) is 14.9 Å². The van der Waals surface area contributed by atoms with Crippen LogP contribution in [0.25, 0.3) is 17.3 Å². The first kappa shape index (κ1) is 27.1. The molecule has 0 fully saturated rings. The molecule has 1 aromatic heterocycles. The van der Waals surface area contributed by atoms with Crippen LogP contribution in [-0.2, 0) is 9.22 Å². The maximum absolute atomic E-state index is 13.5. The predicted octanol–water partition coefficient (Wildman–Crippen LogP) is 2.18. The van der Waals surface area contributed by atoms with Crippen LogP contribution in [0, 0.1) is 5.82 Å². The quantitative estimate of drug-likeness (QED) is 0.136. The van der Waals surface area contributed by atoms with Gasteiger partial charge in [0, 0.05) is 24.6 Å². The van der Waals surface area contributed by atoms with E-state index in [1.165, 1.54) is 25.3 Å².